The molecule has 2 N–H and O–H groups in total. The van der Waals surface area contributed by atoms with Gasteiger partial charge in [-0.25, -0.2) is 4.98 Å². The second-order valence-corrected chi connectivity index (χ2v) is 8.55. The molecule has 4 rings (SSSR count). The van der Waals surface area contributed by atoms with Gasteiger partial charge in [0.1, 0.15) is 11.6 Å². The summed E-state index contributed by atoms with van der Waals surface area (Å²) in [6.07, 6.45) is 4.32. The van der Waals surface area contributed by atoms with Crippen molar-refractivity contribution in [3.8, 4) is 0 Å². The highest BCUT2D eigenvalue weighted by molar-refractivity contribution is 7.99. The van der Waals surface area contributed by atoms with Crippen LogP contribution in [0.3, 0.4) is 0 Å². The number of aromatic amines is 1. The van der Waals surface area contributed by atoms with Crippen LogP contribution in [0.15, 0.2) is 52.1 Å². The standard InChI is InChI=1S/C21H23N3O2S/c1-3-12(2)27-21-23-19-18(20(26)24-21)16(13-8-5-4-6-9-13)17-14(22-19)10-7-11-15(17)25/h4-6,8-10,12,16-17H,3,7,11H2,1-2H3,(H2,22,23,24,26)/t12-,16-,17-/m0/s1. The summed E-state index contributed by atoms with van der Waals surface area (Å²) in [4.78, 5) is 33.4. The van der Waals surface area contributed by atoms with Crippen molar-refractivity contribution in [1.29, 1.82) is 0 Å². The second-order valence-electron chi connectivity index (χ2n) is 7.13. The number of Topliss-reactive ketones (excluding diaryl/α,β-unsaturated/α-hetero) is 1. The summed E-state index contributed by atoms with van der Waals surface area (Å²) in [5.74, 6) is 0.109. The third-order valence-corrected chi connectivity index (χ3v) is 6.48. The Kier molecular flexibility index (Phi) is 4.91. The quantitative estimate of drug-likeness (QED) is 0.616. The lowest BCUT2D eigenvalue weighted by molar-refractivity contribution is -0.122. The molecule has 0 fully saturated rings. The Bertz CT molecular complexity index is 952. The molecule has 1 aliphatic carbocycles. The van der Waals surface area contributed by atoms with Gasteiger partial charge in [-0.2, -0.15) is 0 Å². The number of ketones is 1. The number of hydrogen-bond acceptors (Lipinski definition) is 5. The maximum atomic E-state index is 13.0. The molecule has 1 aromatic heterocycles. The van der Waals surface area contributed by atoms with Gasteiger partial charge in [0.2, 0.25) is 0 Å². The molecule has 2 aromatic rings. The number of H-pyrrole nitrogens is 1. The summed E-state index contributed by atoms with van der Waals surface area (Å²) in [5.41, 5.74) is 2.25. The van der Waals surface area contributed by atoms with E-state index in [4.69, 9.17) is 4.98 Å². The van der Waals surface area contributed by atoms with Gasteiger partial charge < -0.3 is 10.3 Å². The molecule has 0 saturated heterocycles. The first kappa shape index (κ1) is 18.0. The lowest BCUT2D eigenvalue weighted by Gasteiger charge is -2.36. The Hall–Kier alpha value is -2.34. The van der Waals surface area contributed by atoms with Crippen molar-refractivity contribution in [2.45, 2.75) is 49.4 Å². The maximum Gasteiger partial charge on any atom is 0.257 e. The molecule has 0 bridgehead atoms. The molecule has 2 aliphatic rings. The average Bonchev–Trinajstić information content (AvgIpc) is 2.67. The van der Waals surface area contributed by atoms with Gasteiger partial charge in [0.15, 0.2) is 5.16 Å². The summed E-state index contributed by atoms with van der Waals surface area (Å²) < 4.78 is 0. The van der Waals surface area contributed by atoms with E-state index in [0.717, 1.165) is 24.1 Å². The molecule has 2 heterocycles. The van der Waals surface area contributed by atoms with Gasteiger partial charge in [0.05, 0.1) is 11.5 Å². The summed E-state index contributed by atoms with van der Waals surface area (Å²) >= 11 is 1.56. The van der Waals surface area contributed by atoms with Crippen molar-refractivity contribution in [2.75, 3.05) is 5.32 Å². The minimum atomic E-state index is -0.343. The first-order valence-corrected chi connectivity index (χ1v) is 10.3. The highest BCUT2D eigenvalue weighted by Crippen LogP contribution is 2.44. The van der Waals surface area contributed by atoms with Crippen LogP contribution in [0.1, 0.15) is 50.2 Å². The summed E-state index contributed by atoms with van der Waals surface area (Å²) in [6, 6.07) is 9.81. The minimum absolute atomic E-state index is 0.162. The van der Waals surface area contributed by atoms with Crippen LogP contribution in [0.5, 0.6) is 0 Å². The molecular weight excluding hydrogens is 358 g/mol. The molecule has 1 aliphatic heterocycles. The maximum absolute atomic E-state index is 13.0. The van der Waals surface area contributed by atoms with Crippen molar-refractivity contribution < 1.29 is 4.79 Å². The van der Waals surface area contributed by atoms with Crippen molar-refractivity contribution >= 4 is 23.4 Å². The number of benzene rings is 1. The number of rotatable bonds is 4. The topological polar surface area (TPSA) is 74.8 Å². The van der Waals surface area contributed by atoms with Crippen molar-refractivity contribution in [1.82, 2.24) is 9.97 Å². The molecule has 0 saturated carbocycles. The zero-order chi connectivity index (χ0) is 19.0. The van der Waals surface area contributed by atoms with E-state index in [2.05, 4.69) is 30.2 Å². The van der Waals surface area contributed by atoms with E-state index in [1.807, 2.05) is 30.3 Å². The predicted molar refractivity (Wildman–Crippen MR) is 108 cm³/mol. The van der Waals surface area contributed by atoms with Crippen LogP contribution in [0.4, 0.5) is 5.82 Å². The predicted octanol–water partition coefficient (Wildman–Crippen LogP) is 4.08. The van der Waals surface area contributed by atoms with Gasteiger partial charge in [0, 0.05) is 23.3 Å². The molecule has 0 radical (unpaired) electrons. The number of fused-ring (bicyclic) bond motifs is 2. The largest absolute Gasteiger partial charge is 0.343 e. The fourth-order valence-corrected chi connectivity index (χ4v) is 4.66. The Labute approximate surface area is 162 Å². The number of carbonyl (C=O) groups excluding carboxylic acids is 1. The second kappa shape index (κ2) is 7.35. The third-order valence-electron chi connectivity index (χ3n) is 5.32. The monoisotopic (exact) mass is 381 g/mol. The Morgan fingerprint density at radius 2 is 2.00 bits per heavy atom. The SMILES string of the molecule is CC[C@H](C)Sc1nc2c(c(=O)[nH]1)[C@@H](c1ccccc1)[C@@H]1C(=O)CCC=C1N2. The number of aromatic nitrogens is 2. The molecule has 5 nitrogen and oxygen atoms in total. The van der Waals surface area contributed by atoms with Crippen molar-refractivity contribution in [2.24, 2.45) is 5.92 Å². The Morgan fingerprint density at radius 1 is 1.22 bits per heavy atom. The highest BCUT2D eigenvalue weighted by Gasteiger charge is 2.42. The zero-order valence-electron chi connectivity index (χ0n) is 15.5. The van der Waals surface area contributed by atoms with Gasteiger partial charge in [0.25, 0.3) is 5.56 Å². The van der Waals surface area contributed by atoms with E-state index in [0.29, 0.717) is 28.2 Å². The number of hydrogen-bond donors (Lipinski definition) is 2. The first-order valence-electron chi connectivity index (χ1n) is 9.44. The van der Waals surface area contributed by atoms with Crippen LogP contribution in [0.25, 0.3) is 0 Å². The molecule has 0 amide bonds. The van der Waals surface area contributed by atoms with E-state index in [1.165, 1.54) is 0 Å². The number of nitrogens with one attached hydrogen (secondary N) is 2. The molecule has 3 atom stereocenters. The number of nitrogens with zero attached hydrogens (tertiary/aromatic N) is 1. The van der Waals surface area contributed by atoms with Crippen LogP contribution in [0.2, 0.25) is 0 Å². The number of anilines is 1. The molecule has 1 aromatic carbocycles. The lowest BCUT2D eigenvalue weighted by Crippen LogP contribution is -2.38. The molecule has 27 heavy (non-hydrogen) atoms. The summed E-state index contributed by atoms with van der Waals surface area (Å²) in [5, 5.41) is 4.28. The van der Waals surface area contributed by atoms with E-state index >= 15 is 0 Å². The van der Waals surface area contributed by atoms with Crippen molar-refractivity contribution in [3.05, 3.63) is 63.6 Å². The Balaban J connectivity index is 1.88. The normalized spacial score (nSPS) is 22.3. The highest BCUT2D eigenvalue weighted by atomic mass is 32.2. The number of allylic oxidation sites excluding steroid dienone is 2. The zero-order valence-corrected chi connectivity index (χ0v) is 16.3. The van der Waals surface area contributed by atoms with E-state index in [9.17, 15) is 9.59 Å². The fourth-order valence-electron chi connectivity index (χ4n) is 3.82. The molecule has 0 unspecified atom stereocenters. The van der Waals surface area contributed by atoms with E-state index in [1.54, 1.807) is 11.8 Å². The Morgan fingerprint density at radius 3 is 2.74 bits per heavy atom. The van der Waals surface area contributed by atoms with Gasteiger partial charge in [-0.05, 0) is 18.4 Å². The van der Waals surface area contributed by atoms with Gasteiger partial charge in [-0.15, -0.1) is 0 Å². The number of thioether (sulfide) groups is 1. The van der Waals surface area contributed by atoms with Crippen LogP contribution < -0.4 is 10.9 Å². The average molecular weight is 382 g/mol. The van der Waals surface area contributed by atoms with E-state index in [-0.39, 0.29) is 23.2 Å². The first-order chi connectivity index (χ1) is 13.1. The smallest absolute Gasteiger partial charge is 0.257 e. The summed E-state index contributed by atoms with van der Waals surface area (Å²) in [6.45, 7) is 4.23. The molecule has 6 heteroatoms. The summed E-state index contributed by atoms with van der Waals surface area (Å²) in [7, 11) is 0. The van der Waals surface area contributed by atoms with Gasteiger partial charge in [-0.1, -0.05) is 62.0 Å². The fraction of sp³-hybridized carbons (Fsp3) is 0.381. The van der Waals surface area contributed by atoms with Crippen LogP contribution >= 0.6 is 11.8 Å². The van der Waals surface area contributed by atoms with Gasteiger partial charge in [-0.3, -0.25) is 9.59 Å². The molecule has 0 spiro atoms. The van der Waals surface area contributed by atoms with Crippen molar-refractivity contribution in [3.63, 3.8) is 0 Å². The number of carbonyl (C=O) groups is 1. The van der Waals surface area contributed by atoms with E-state index < -0.39 is 0 Å². The third kappa shape index (κ3) is 3.34. The van der Waals surface area contributed by atoms with Crippen LogP contribution in [-0.2, 0) is 4.79 Å². The van der Waals surface area contributed by atoms with Gasteiger partial charge >= 0.3 is 0 Å². The minimum Gasteiger partial charge on any atom is -0.343 e. The lowest BCUT2D eigenvalue weighted by atomic mass is 9.72. The molecule has 140 valence electrons. The van der Waals surface area contributed by atoms with Crippen LogP contribution in [-0.4, -0.2) is 21.0 Å². The molecular formula is C21H23N3O2S. The van der Waals surface area contributed by atoms with Crippen LogP contribution in [0, 0.1) is 5.92 Å².